The highest BCUT2D eigenvalue weighted by atomic mass is 35.5. The maximum absolute atomic E-state index is 12.4. The van der Waals surface area contributed by atoms with E-state index in [1.54, 1.807) is 35.7 Å². The SMILES string of the molecule is O=S(=O)(Nc1cc(Cl)ccc1Oc1ccccc1)c1cccs1. The topological polar surface area (TPSA) is 55.4 Å². The van der Waals surface area contributed by atoms with Crippen LogP contribution in [0.3, 0.4) is 0 Å². The fraction of sp³-hybridized carbons (Fsp3) is 0. The molecule has 3 aromatic rings. The van der Waals surface area contributed by atoms with E-state index >= 15 is 0 Å². The van der Waals surface area contributed by atoms with Gasteiger partial charge in [-0.15, -0.1) is 11.3 Å². The van der Waals surface area contributed by atoms with Crippen LogP contribution in [0.1, 0.15) is 0 Å². The van der Waals surface area contributed by atoms with Crippen molar-refractivity contribution in [2.24, 2.45) is 0 Å². The average Bonchev–Trinajstić information content (AvgIpc) is 3.06. The lowest BCUT2D eigenvalue weighted by Crippen LogP contribution is -2.12. The Morgan fingerprint density at radius 1 is 1.00 bits per heavy atom. The molecule has 118 valence electrons. The summed E-state index contributed by atoms with van der Waals surface area (Å²) in [7, 11) is -3.67. The first-order valence-corrected chi connectivity index (χ1v) is 9.37. The fourth-order valence-corrected chi connectivity index (χ4v) is 4.12. The highest BCUT2D eigenvalue weighted by molar-refractivity contribution is 7.94. The number of hydrogen-bond donors (Lipinski definition) is 1. The van der Waals surface area contributed by atoms with E-state index in [1.807, 2.05) is 18.2 Å². The van der Waals surface area contributed by atoms with Crippen molar-refractivity contribution in [1.29, 1.82) is 0 Å². The zero-order valence-electron chi connectivity index (χ0n) is 11.8. The van der Waals surface area contributed by atoms with Crippen LogP contribution in [0.4, 0.5) is 5.69 Å². The zero-order valence-corrected chi connectivity index (χ0v) is 14.2. The molecule has 1 heterocycles. The van der Waals surface area contributed by atoms with Crippen LogP contribution in [-0.4, -0.2) is 8.42 Å². The van der Waals surface area contributed by atoms with E-state index in [4.69, 9.17) is 16.3 Å². The molecular weight excluding hydrogens is 354 g/mol. The summed E-state index contributed by atoms with van der Waals surface area (Å²) < 4.78 is 33.3. The van der Waals surface area contributed by atoms with E-state index < -0.39 is 10.0 Å². The van der Waals surface area contributed by atoms with E-state index in [-0.39, 0.29) is 9.90 Å². The molecule has 0 aliphatic carbocycles. The summed E-state index contributed by atoms with van der Waals surface area (Å²) in [5.41, 5.74) is 0.287. The van der Waals surface area contributed by atoms with Crippen molar-refractivity contribution in [1.82, 2.24) is 0 Å². The minimum atomic E-state index is -3.67. The van der Waals surface area contributed by atoms with Crippen LogP contribution in [-0.2, 0) is 10.0 Å². The number of hydrogen-bond acceptors (Lipinski definition) is 4. The van der Waals surface area contributed by atoms with Crippen molar-refractivity contribution in [2.45, 2.75) is 4.21 Å². The van der Waals surface area contributed by atoms with Crippen LogP contribution in [0.2, 0.25) is 5.02 Å². The summed E-state index contributed by atoms with van der Waals surface area (Å²) >= 11 is 7.12. The van der Waals surface area contributed by atoms with Gasteiger partial charge in [0.2, 0.25) is 0 Å². The standard InChI is InChI=1S/C16H12ClNO3S2/c17-12-8-9-15(21-13-5-2-1-3-6-13)14(11-12)18-23(19,20)16-7-4-10-22-16/h1-11,18H. The van der Waals surface area contributed by atoms with Crippen molar-refractivity contribution < 1.29 is 13.2 Å². The number of thiophene rings is 1. The first-order chi connectivity index (χ1) is 11.0. The normalized spacial score (nSPS) is 11.2. The molecule has 0 saturated heterocycles. The predicted octanol–water partition coefficient (Wildman–Crippen LogP) is 4.99. The van der Waals surface area contributed by atoms with Crippen LogP contribution in [0.5, 0.6) is 11.5 Å². The number of anilines is 1. The molecule has 0 amide bonds. The van der Waals surface area contributed by atoms with Gasteiger partial charge >= 0.3 is 0 Å². The van der Waals surface area contributed by atoms with Gasteiger partial charge in [-0.2, -0.15) is 0 Å². The van der Waals surface area contributed by atoms with Gasteiger partial charge in [-0.1, -0.05) is 35.9 Å². The summed E-state index contributed by atoms with van der Waals surface area (Å²) in [6.07, 6.45) is 0. The highest BCUT2D eigenvalue weighted by Crippen LogP contribution is 2.33. The van der Waals surface area contributed by atoms with Crippen LogP contribution in [0.15, 0.2) is 70.3 Å². The van der Waals surface area contributed by atoms with Gasteiger partial charge in [0.15, 0.2) is 5.75 Å². The number of sulfonamides is 1. The number of rotatable bonds is 5. The van der Waals surface area contributed by atoms with Gasteiger partial charge in [0.1, 0.15) is 9.96 Å². The molecule has 7 heteroatoms. The lowest BCUT2D eigenvalue weighted by molar-refractivity contribution is 0.485. The molecule has 4 nitrogen and oxygen atoms in total. The van der Waals surface area contributed by atoms with E-state index in [0.29, 0.717) is 16.5 Å². The van der Waals surface area contributed by atoms with E-state index in [9.17, 15) is 8.42 Å². The first-order valence-electron chi connectivity index (χ1n) is 6.63. The first kappa shape index (κ1) is 15.9. The van der Waals surface area contributed by atoms with Gasteiger partial charge in [0.25, 0.3) is 10.0 Å². The Morgan fingerprint density at radius 2 is 1.78 bits per heavy atom. The van der Waals surface area contributed by atoms with Crippen molar-refractivity contribution in [2.75, 3.05) is 4.72 Å². The molecule has 0 spiro atoms. The Morgan fingerprint density at radius 3 is 2.48 bits per heavy atom. The molecule has 0 atom stereocenters. The Hall–Kier alpha value is -2.02. The smallest absolute Gasteiger partial charge is 0.271 e. The maximum atomic E-state index is 12.4. The lowest BCUT2D eigenvalue weighted by Gasteiger charge is -2.13. The largest absolute Gasteiger partial charge is 0.455 e. The molecule has 0 radical (unpaired) electrons. The summed E-state index contributed by atoms with van der Waals surface area (Å²) in [5, 5.41) is 2.11. The Balaban J connectivity index is 1.94. The third kappa shape index (κ3) is 3.85. The maximum Gasteiger partial charge on any atom is 0.271 e. The van der Waals surface area contributed by atoms with Crippen molar-refractivity contribution >= 4 is 38.6 Å². The third-order valence-corrected chi connectivity index (χ3v) is 5.91. The molecular formula is C16H12ClNO3S2. The number of nitrogens with one attached hydrogen (secondary N) is 1. The number of ether oxygens (including phenoxy) is 1. The number of para-hydroxylation sites is 1. The summed E-state index contributed by atoms with van der Waals surface area (Å²) in [5.74, 6) is 0.979. The minimum absolute atomic E-state index is 0.225. The van der Waals surface area contributed by atoms with Crippen LogP contribution in [0, 0.1) is 0 Å². The second-order valence-corrected chi connectivity index (χ2v) is 7.89. The van der Waals surface area contributed by atoms with Crippen molar-refractivity contribution in [3.63, 3.8) is 0 Å². The Bertz CT molecular complexity index is 894. The molecule has 2 aromatic carbocycles. The number of halogens is 1. The summed E-state index contributed by atoms with van der Waals surface area (Å²) in [6.45, 7) is 0. The van der Waals surface area contributed by atoms with Gasteiger partial charge in [-0.3, -0.25) is 4.72 Å². The van der Waals surface area contributed by atoms with Gasteiger partial charge in [-0.05, 0) is 41.8 Å². The second-order valence-electron chi connectivity index (χ2n) is 4.59. The van der Waals surface area contributed by atoms with Gasteiger partial charge < -0.3 is 4.74 Å². The van der Waals surface area contributed by atoms with E-state index in [0.717, 1.165) is 11.3 Å². The van der Waals surface area contributed by atoms with Gasteiger partial charge in [-0.25, -0.2) is 8.42 Å². The van der Waals surface area contributed by atoms with Crippen LogP contribution in [0.25, 0.3) is 0 Å². The molecule has 0 bridgehead atoms. The summed E-state index contributed by atoms with van der Waals surface area (Å²) in [4.78, 5) is 0. The Kier molecular flexibility index (Phi) is 4.56. The quantitative estimate of drug-likeness (QED) is 0.692. The highest BCUT2D eigenvalue weighted by Gasteiger charge is 2.18. The van der Waals surface area contributed by atoms with Crippen LogP contribution < -0.4 is 9.46 Å². The average molecular weight is 366 g/mol. The molecule has 0 fully saturated rings. The van der Waals surface area contributed by atoms with Gasteiger partial charge in [0, 0.05) is 5.02 Å². The molecule has 0 aliphatic heterocycles. The minimum Gasteiger partial charge on any atom is -0.455 e. The van der Waals surface area contributed by atoms with Gasteiger partial charge in [0.05, 0.1) is 5.69 Å². The van der Waals surface area contributed by atoms with Crippen LogP contribution >= 0.6 is 22.9 Å². The third-order valence-electron chi connectivity index (χ3n) is 2.92. The molecule has 0 aliphatic rings. The van der Waals surface area contributed by atoms with E-state index in [2.05, 4.69) is 4.72 Å². The van der Waals surface area contributed by atoms with Crippen molar-refractivity contribution in [3.8, 4) is 11.5 Å². The molecule has 1 N–H and O–H groups in total. The lowest BCUT2D eigenvalue weighted by atomic mass is 10.3. The second kappa shape index (κ2) is 6.62. The van der Waals surface area contributed by atoms with Crippen molar-refractivity contribution in [3.05, 3.63) is 71.1 Å². The zero-order chi connectivity index (χ0) is 16.3. The van der Waals surface area contributed by atoms with E-state index in [1.165, 1.54) is 12.1 Å². The Labute approximate surface area is 143 Å². The summed E-state index contributed by atoms with van der Waals surface area (Å²) in [6, 6.07) is 17.1. The fourth-order valence-electron chi connectivity index (χ4n) is 1.90. The molecule has 0 saturated carbocycles. The number of benzene rings is 2. The molecule has 0 unspecified atom stereocenters. The molecule has 3 rings (SSSR count). The predicted molar refractivity (Wildman–Crippen MR) is 93.1 cm³/mol. The molecule has 23 heavy (non-hydrogen) atoms. The monoisotopic (exact) mass is 365 g/mol. The molecule has 1 aromatic heterocycles.